The van der Waals surface area contributed by atoms with Crippen LogP contribution in [-0.2, 0) is 11.3 Å². The number of anilines is 1. The Balaban J connectivity index is 2.07. The van der Waals surface area contributed by atoms with Crippen molar-refractivity contribution < 1.29 is 18.7 Å². The molecule has 0 aliphatic carbocycles. The minimum Gasteiger partial charge on any atom is -0.453 e. The molecular weight excluding hydrogens is 289 g/mol. The molecular formula is C15H14FN3O3. The molecule has 2 N–H and O–H groups in total. The van der Waals surface area contributed by atoms with Crippen LogP contribution in [0.2, 0.25) is 0 Å². The minimum atomic E-state index is -0.594. The van der Waals surface area contributed by atoms with Gasteiger partial charge in [-0.1, -0.05) is 12.1 Å². The lowest BCUT2D eigenvalue weighted by atomic mass is 10.2. The molecule has 0 atom stereocenters. The van der Waals surface area contributed by atoms with Crippen LogP contribution < -0.4 is 10.6 Å². The van der Waals surface area contributed by atoms with Gasteiger partial charge in [0.2, 0.25) is 0 Å². The Kier molecular flexibility index (Phi) is 5.02. The van der Waals surface area contributed by atoms with Crippen molar-refractivity contribution in [3.8, 4) is 0 Å². The van der Waals surface area contributed by atoms with Gasteiger partial charge in [0.15, 0.2) is 0 Å². The lowest BCUT2D eigenvalue weighted by Crippen LogP contribution is -2.23. The summed E-state index contributed by atoms with van der Waals surface area (Å²) in [7, 11) is 1.25. The summed E-state index contributed by atoms with van der Waals surface area (Å²) in [5.41, 5.74) is 0.880. The van der Waals surface area contributed by atoms with Crippen LogP contribution in [0.4, 0.5) is 14.9 Å². The number of methoxy groups -OCH3 is 1. The predicted octanol–water partition coefficient (Wildman–Crippen LogP) is 2.33. The number of halogens is 1. The van der Waals surface area contributed by atoms with E-state index in [9.17, 15) is 14.0 Å². The number of aromatic nitrogens is 1. The van der Waals surface area contributed by atoms with Crippen molar-refractivity contribution in [1.29, 1.82) is 0 Å². The van der Waals surface area contributed by atoms with E-state index < -0.39 is 17.8 Å². The highest BCUT2D eigenvalue weighted by Gasteiger charge is 2.10. The van der Waals surface area contributed by atoms with Crippen molar-refractivity contribution in [3.05, 3.63) is 59.7 Å². The fraction of sp³-hybridized carbons (Fsp3) is 0.133. The number of hydrogen-bond acceptors (Lipinski definition) is 4. The van der Waals surface area contributed by atoms with Gasteiger partial charge in [0.25, 0.3) is 5.91 Å². The van der Waals surface area contributed by atoms with Crippen molar-refractivity contribution in [2.75, 3.05) is 12.4 Å². The molecule has 0 aliphatic heterocycles. The zero-order valence-electron chi connectivity index (χ0n) is 11.8. The quantitative estimate of drug-likeness (QED) is 0.908. The first kappa shape index (κ1) is 15.4. The van der Waals surface area contributed by atoms with Crippen LogP contribution in [0.25, 0.3) is 0 Å². The molecule has 0 saturated heterocycles. The van der Waals surface area contributed by atoms with Gasteiger partial charge < -0.3 is 15.4 Å². The van der Waals surface area contributed by atoms with Gasteiger partial charge in [-0.2, -0.15) is 0 Å². The molecule has 2 amide bonds. The second-order valence-electron chi connectivity index (χ2n) is 4.31. The first-order valence-electron chi connectivity index (χ1n) is 6.43. The smallest absolute Gasteiger partial charge is 0.407 e. The normalized spacial score (nSPS) is 9.91. The largest absolute Gasteiger partial charge is 0.453 e. The molecule has 6 nitrogen and oxygen atoms in total. The fourth-order valence-corrected chi connectivity index (χ4v) is 1.71. The van der Waals surface area contributed by atoms with Crippen LogP contribution in [0, 0.1) is 5.82 Å². The number of rotatable bonds is 4. The monoisotopic (exact) mass is 303 g/mol. The molecule has 0 bridgehead atoms. The highest BCUT2D eigenvalue weighted by molar-refractivity contribution is 6.04. The molecule has 0 spiro atoms. The topological polar surface area (TPSA) is 80.3 Å². The van der Waals surface area contributed by atoms with Crippen LogP contribution in [0.15, 0.2) is 42.6 Å². The summed E-state index contributed by atoms with van der Waals surface area (Å²) in [6.45, 7) is 0.119. The number of para-hydroxylation sites is 1. The Morgan fingerprint density at radius 3 is 2.77 bits per heavy atom. The molecule has 0 unspecified atom stereocenters. The van der Waals surface area contributed by atoms with E-state index >= 15 is 0 Å². The highest BCUT2D eigenvalue weighted by Crippen LogP contribution is 2.14. The van der Waals surface area contributed by atoms with Crippen LogP contribution in [0.1, 0.15) is 16.1 Å². The number of nitrogens with zero attached hydrogens (tertiary/aromatic N) is 1. The van der Waals surface area contributed by atoms with Gasteiger partial charge in [-0.15, -0.1) is 0 Å². The molecule has 2 aromatic rings. The molecule has 0 radical (unpaired) electrons. The molecule has 1 aromatic carbocycles. The highest BCUT2D eigenvalue weighted by atomic mass is 19.1. The maximum absolute atomic E-state index is 13.5. The van der Waals surface area contributed by atoms with Crippen molar-refractivity contribution in [1.82, 2.24) is 10.3 Å². The van der Waals surface area contributed by atoms with E-state index in [1.807, 2.05) is 0 Å². The Morgan fingerprint density at radius 2 is 2.05 bits per heavy atom. The Bertz CT molecular complexity index is 691. The first-order valence-corrected chi connectivity index (χ1v) is 6.43. The van der Waals surface area contributed by atoms with E-state index in [0.717, 1.165) is 0 Å². The van der Waals surface area contributed by atoms with Crippen LogP contribution in [0.5, 0.6) is 0 Å². The lowest BCUT2D eigenvalue weighted by molar-refractivity contribution is 0.102. The zero-order chi connectivity index (χ0) is 15.9. The number of ether oxygens (including phenoxy) is 1. The molecule has 1 aromatic heterocycles. The van der Waals surface area contributed by atoms with E-state index in [0.29, 0.717) is 11.3 Å². The fourth-order valence-electron chi connectivity index (χ4n) is 1.71. The molecule has 0 saturated carbocycles. The number of carbonyl (C=O) groups is 2. The summed E-state index contributed by atoms with van der Waals surface area (Å²) in [5, 5.41) is 4.93. The van der Waals surface area contributed by atoms with Crippen molar-refractivity contribution >= 4 is 17.7 Å². The average Bonchev–Trinajstić information content (AvgIpc) is 2.55. The van der Waals surface area contributed by atoms with Gasteiger partial charge in [-0.05, 0) is 24.3 Å². The van der Waals surface area contributed by atoms with Crippen molar-refractivity contribution in [2.45, 2.75) is 6.54 Å². The van der Waals surface area contributed by atoms with Crippen LogP contribution in [0.3, 0.4) is 0 Å². The Labute approximate surface area is 126 Å². The van der Waals surface area contributed by atoms with Crippen LogP contribution >= 0.6 is 0 Å². The number of alkyl carbamates (subject to hydrolysis) is 1. The molecule has 7 heteroatoms. The maximum atomic E-state index is 13.5. The van der Waals surface area contributed by atoms with Gasteiger partial charge in [0, 0.05) is 11.8 Å². The van der Waals surface area contributed by atoms with Gasteiger partial charge in [-0.3, -0.25) is 9.78 Å². The molecule has 114 valence electrons. The summed E-state index contributed by atoms with van der Waals surface area (Å²) in [4.78, 5) is 27.1. The van der Waals surface area contributed by atoms with E-state index in [1.54, 1.807) is 6.07 Å². The number of nitrogens with one attached hydrogen (secondary N) is 2. The van der Waals surface area contributed by atoms with E-state index in [-0.39, 0.29) is 12.2 Å². The number of amides is 2. The van der Waals surface area contributed by atoms with E-state index in [2.05, 4.69) is 20.4 Å². The first-order chi connectivity index (χ1) is 10.6. The van der Waals surface area contributed by atoms with E-state index in [1.165, 1.54) is 43.6 Å². The third-order valence-electron chi connectivity index (χ3n) is 2.80. The van der Waals surface area contributed by atoms with Gasteiger partial charge >= 0.3 is 6.09 Å². The molecule has 1 heterocycles. The number of carbonyl (C=O) groups excluding carboxylic acids is 2. The lowest BCUT2D eigenvalue weighted by Gasteiger charge is -2.08. The Morgan fingerprint density at radius 1 is 1.27 bits per heavy atom. The number of pyridine rings is 1. The predicted molar refractivity (Wildman–Crippen MR) is 77.8 cm³/mol. The average molecular weight is 303 g/mol. The second-order valence-corrected chi connectivity index (χ2v) is 4.31. The second kappa shape index (κ2) is 7.16. The third kappa shape index (κ3) is 4.02. The summed E-state index contributed by atoms with van der Waals surface area (Å²) < 4.78 is 17.9. The van der Waals surface area contributed by atoms with Gasteiger partial charge in [0.1, 0.15) is 5.82 Å². The molecule has 2 rings (SSSR count). The standard InChI is InChI=1S/C15H14FN3O3/c1-22-15(21)18-9-11-8-10(6-7-17-11)14(20)19-13-5-3-2-4-12(13)16/h2-8H,9H2,1H3,(H,18,21)(H,19,20). The van der Waals surface area contributed by atoms with Crippen molar-refractivity contribution in [2.24, 2.45) is 0 Å². The van der Waals surface area contributed by atoms with Gasteiger partial charge in [0.05, 0.1) is 25.0 Å². The van der Waals surface area contributed by atoms with Crippen molar-refractivity contribution in [3.63, 3.8) is 0 Å². The zero-order valence-corrected chi connectivity index (χ0v) is 11.8. The summed E-state index contributed by atoms with van der Waals surface area (Å²) in [6.07, 6.45) is 0.841. The molecule has 22 heavy (non-hydrogen) atoms. The molecule has 0 aliphatic rings. The minimum absolute atomic E-state index is 0.0959. The summed E-state index contributed by atoms with van der Waals surface area (Å²) in [6, 6.07) is 8.89. The van der Waals surface area contributed by atoms with Gasteiger partial charge in [-0.25, -0.2) is 9.18 Å². The SMILES string of the molecule is COC(=O)NCc1cc(C(=O)Nc2ccccc2F)ccn1. The van der Waals surface area contributed by atoms with E-state index in [4.69, 9.17) is 0 Å². The third-order valence-corrected chi connectivity index (χ3v) is 2.80. The summed E-state index contributed by atoms with van der Waals surface area (Å²) in [5.74, 6) is -0.982. The molecule has 0 fully saturated rings. The number of benzene rings is 1. The Hall–Kier alpha value is -2.96. The summed E-state index contributed by atoms with van der Waals surface area (Å²) >= 11 is 0. The maximum Gasteiger partial charge on any atom is 0.407 e. The number of hydrogen-bond donors (Lipinski definition) is 2. The van der Waals surface area contributed by atoms with Crippen LogP contribution in [-0.4, -0.2) is 24.1 Å².